The third kappa shape index (κ3) is 3.80. The fourth-order valence-electron chi connectivity index (χ4n) is 2.66. The second-order valence-corrected chi connectivity index (χ2v) is 6.63. The van der Waals surface area contributed by atoms with Crippen molar-refractivity contribution >= 4 is 45.5 Å². The van der Waals surface area contributed by atoms with E-state index in [4.69, 9.17) is 9.47 Å². The van der Waals surface area contributed by atoms with Crippen LogP contribution >= 0.6 is 22.6 Å². The van der Waals surface area contributed by atoms with Gasteiger partial charge in [-0.3, -0.25) is 4.79 Å². The second kappa shape index (κ2) is 8.18. The van der Waals surface area contributed by atoms with E-state index in [0.717, 1.165) is 19.9 Å². The van der Waals surface area contributed by atoms with Gasteiger partial charge < -0.3 is 9.47 Å². The molecule has 0 aromatic heterocycles. The van der Waals surface area contributed by atoms with E-state index in [0.29, 0.717) is 17.1 Å². The van der Waals surface area contributed by atoms with Gasteiger partial charge in [-0.25, -0.2) is 5.43 Å². The fourth-order valence-corrected chi connectivity index (χ4v) is 3.51. The van der Waals surface area contributed by atoms with Crippen LogP contribution in [0.1, 0.15) is 15.9 Å². The number of carbonyl (C=O) groups is 1. The van der Waals surface area contributed by atoms with Gasteiger partial charge in [-0.05, 0) is 57.1 Å². The molecule has 5 nitrogen and oxygen atoms in total. The first kappa shape index (κ1) is 18.2. The number of hydrogen-bond acceptors (Lipinski definition) is 4. The van der Waals surface area contributed by atoms with Crippen LogP contribution in [0.5, 0.6) is 11.5 Å². The van der Waals surface area contributed by atoms with Crippen molar-refractivity contribution in [3.8, 4) is 11.5 Å². The summed E-state index contributed by atoms with van der Waals surface area (Å²) in [5.41, 5.74) is 3.96. The Morgan fingerprint density at radius 1 is 1.08 bits per heavy atom. The zero-order chi connectivity index (χ0) is 18.5. The topological polar surface area (TPSA) is 59.9 Å². The lowest BCUT2D eigenvalue weighted by Gasteiger charge is -2.10. The molecule has 3 aromatic carbocycles. The Hall–Kier alpha value is -2.61. The maximum atomic E-state index is 12.5. The molecular weight excluding hydrogens is 443 g/mol. The maximum absolute atomic E-state index is 12.5. The highest BCUT2D eigenvalue weighted by Gasteiger charge is 2.10. The monoisotopic (exact) mass is 460 g/mol. The predicted molar refractivity (Wildman–Crippen MR) is 111 cm³/mol. The molecule has 0 aliphatic heterocycles. The van der Waals surface area contributed by atoms with Gasteiger partial charge in [0.25, 0.3) is 5.91 Å². The van der Waals surface area contributed by atoms with Gasteiger partial charge in [0.1, 0.15) is 0 Å². The summed E-state index contributed by atoms with van der Waals surface area (Å²) >= 11 is 2.16. The average Bonchev–Trinajstić information content (AvgIpc) is 2.67. The van der Waals surface area contributed by atoms with E-state index in [1.165, 1.54) is 0 Å². The third-order valence-electron chi connectivity index (χ3n) is 3.87. The normalized spacial score (nSPS) is 10.9. The van der Waals surface area contributed by atoms with Gasteiger partial charge in [0.15, 0.2) is 11.5 Å². The van der Waals surface area contributed by atoms with Crippen molar-refractivity contribution in [2.75, 3.05) is 14.2 Å². The van der Waals surface area contributed by atoms with E-state index in [-0.39, 0.29) is 5.91 Å². The molecule has 1 N–H and O–H groups in total. The molecule has 0 fully saturated rings. The van der Waals surface area contributed by atoms with Crippen molar-refractivity contribution in [3.63, 3.8) is 0 Å². The number of halogens is 1. The lowest BCUT2D eigenvalue weighted by Crippen LogP contribution is -2.17. The van der Waals surface area contributed by atoms with E-state index in [9.17, 15) is 4.79 Å². The predicted octanol–water partition coefficient (Wildman–Crippen LogP) is 4.23. The molecule has 0 heterocycles. The number of benzene rings is 3. The van der Waals surface area contributed by atoms with Crippen LogP contribution in [0.4, 0.5) is 0 Å². The summed E-state index contributed by atoms with van der Waals surface area (Å²) in [6, 6.07) is 17.1. The largest absolute Gasteiger partial charge is 0.493 e. The first-order chi connectivity index (χ1) is 12.6. The highest BCUT2D eigenvalue weighted by molar-refractivity contribution is 14.1. The van der Waals surface area contributed by atoms with Crippen LogP contribution in [-0.4, -0.2) is 26.3 Å². The Morgan fingerprint density at radius 3 is 2.62 bits per heavy atom. The molecule has 1 amide bonds. The summed E-state index contributed by atoms with van der Waals surface area (Å²) in [5.74, 6) is 1.03. The Morgan fingerprint density at radius 2 is 1.85 bits per heavy atom. The summed E-state index contributed by atoms with van der Waals surface area (Å²) in [6.07, 6.45) is 1.58. The van der Waals surface area contributed by atoms with E-state index >= 15 is 0 Å². The quantitative estimate of drug-likeness (QED) is 0.353. The minimum Gasteiger partial charge on any atom is -0.493 e. The Bertz CT molecular complexity index is 981. The van der Waals surface area contributed by atoms with E-state index in [1.54, 1.807) is 32.6 Å². The van der Waals surface area contributed by atoms with Crippen molar-refractivity contribution in [2.24, 2.45) is 5.10 Å². The molecule has 0 saturated carbocycles. The SMILES string of the molecule is COc1cc(C=NNC(=O)c2cccc3ccccc23)cc(I)c1OC. The first-order valence-electron chi connectivity index (χ1n) is 7.86. The number of nitrogens with zero attached hydrogens (tertiary/aromatic N) is 1. The van der Waals surface area contributed by atoms with Gasteiger partial charge in [-0.2, -0.15) is 5.10 Å². The lowest BCUT2D eigenvalue weighted by atomic mass is 10.0. The molecule has 3 aromatic rings. The Kier molecular flexibility index (Phi) is 5.72. The van der Waals surface area contributed by atoms with Gasteiger partial charge in [0, 0.05) is 5.56 Å². The minimum atomic E-state index is -0.256. The molecule has 0 spiro atoms. The smallest absolute Gasteiger partial charge is 0.271 e. The van der Waals surface area contributed by atoms with Crippen LogP contribution in [0.15, 0.2) is 59.7 Å². The number of methoxy groups -OCH3 is 2. The molecule has 0 aliphatic rings. The number of ether oxygens (including phenoxy) is 2. The van der Waals surface area contributed by atoms with E-state index in [2.05, 4.69) is 33.1 Å². The summed E-state index contributed by atoms with van der Waals surface area (Å²) in [6.45, 7) is 0. The number of fused-ring (bicyclic) bond motifs is 1. The summed E-state index contributed by atoms with van der Waals surface area (Å²) in [7, 11) is 3.18. The number of rotatable bonds is 5. The zero-order valence-electron chi connectivity index (χ0n) is 14.3. The van der Waals surface area contributed by atoms with Gasteiger partial charge in [-0.15, -0.1) is 0 Å². The Labute approximate surface area is 165 Å². The van der Waals surface area contributed by atoms with Crippen molar-refractivity contribution in [1.82, 2.24) is 5.43 Å². The molecular formula is C20H17IN2O3. The van der Waals surface area contributed by atoms with Gasteiger partial charge in [0.2, 0.25) is 0 Å². The van der Waals surface area contributed by atoms with Crippen LogP contribution in [0.2, 0.25) is 0 Å². The van der Waals surface area contributed by atoms with Crippen molar-refractivity contribution < 1.29 is 14.3 Å². The van der Waals surface area contributed by atoms with Crippen molar-refractivity contribution in [2.45, 2.75) is 0 Å². The van der Waals surface area contributed by atoms with Gasteiger partial charge in [-0.1, -0.05) is 36.4 Å². The standard InChI is InChI=1S/C20H17IN2O3/c1-25-18-11-13(10-17(21)19(18)26-2)12-22-23-20(24)16-9-5-7-14-6-3-4-8-15(14)16/h3-12H,1-2H3,(H,23,24). The number of hydrazone groups is 1. The van der Waals surface area contributed by atoms with Crippen molar-refractivity contribution in [1.29, 1.82) is 0 Å². The van der Waals surface area contributed by atoms with Crippen LogP contribution in [0, 0.1) is 3.57 Å². The van der Waals surface area contributed by atoms with Crippen molar-refractivity contribution in [3.05, 3.63) is 69.3 Å². The Balaban J connectivity index is 1.80. The minimum absolute atomic E-state index is 0.256. The van der Waals surface area contributed by atoms with E-state index in [1.807, 2.05) is 42.5 Å². The molecule has 0 bridgehead atoms. The molecule has 0 saturated heterocycles. The van der Waals surface area contributed by atoms with E-state index < -0.39 is 0 Å². The van der Waals surface area contributed by atoms with Crippen LogP contribution in [-0.2, 0) is 0 Å². The lowest BCUT2D eigenvalue weighted by molar-refractivity contribution is 0.0957. The highest BCUT2D eigenvalue weighted by Crippen LogP contribution is 2.33. The maximum Gasteiger partial charge on any atom is 0.271 e. The van der Waals surface area contributed by atoms with Gasteiger partial charge >= 0.3 is 0 Å². The first-order valence-corrected chi connectivity index (χ1v) is 8.94. The third-order valence-corrected chi connectivity index (χ3v) is 4.67. The summed E-state index contributed by atoms with van der Waals surface area (Å²) in [5, 5.41) is 5.98. The molecule has 6 heteroatoms. The van der Waals surface area contributed by atoms with Crippen LogP contribution < -0.4 is 14.9 Å². The molecule has 0 unspecified atom stereocenters. The zero-order valence-corrected chi connectivity index (χ0v) is 16.5. The molecule has 26 heavy (non-hydrogen) atoms. The molecule has 0 radical (unpaired) electrons. The molecule has 0 atom stereocenters. The molecule has 0 aliphatic carbocycles. The number of nitrogens with one attached hydrogen (secondary N) is 1. The average molecular weight is 460 g/mol. The number of hydrogen-bond donors (Lipinski definition) is 1. The van der Waals surface area contributed by atoms with Crippen LogP contribution in [0.3, 0.4) is 0 Å². The summed E-state index contributed by atoms with van der Waals surface area (Å²) < 4.78 is 11.5. The fraction of sp³-hybridized carbons (Fsp3) is 0.100. The van der Waals surface area contributed by atoms with Gasteiger partial charge in [0.05, 0.1) is 24.0 Å². The molecule has 132 valence electrons. The number of amides is 1. The molecule has 3 rings (SSSR count). The van der Waals surface area contributed by atoms with Crippen LogP contribution in [0.25, 0.3) is 10.8 Å². The highest BCUT2D eigenvalue weighted by atomic mass is 127. The second-order valence-electron chi connectivity index (χ2n) is 5.46. The number of carbonyl (C=O) groups excluding carboxylic acids is 1. The summed E-state index contributed by atoms with van der Waals surface area (Å²) in [4.78, 5) is 12.5.